The molecule has 0 aliphatic carbocycles. The van der Waals surface area contributed by atoms with E-state index in [0.717, 1.165) is 11.9 Å². The van der Waals surface area contributed by atoms with Gasteiger partial charge >= 0.3 is 0 Å². The Balaban J connectivity index is 1.81. The molecular formula is C16H23BrO. The van der Waals surface area contributed by atoms with Crippen molar-refractivity contribution >= 4 is 15.9 Å². The second-order valence-electron chi connectivity index (χ2n) is 5.33. The minimum absolute atomic E-state index is 0.540. The molecule has 0 spiro atoms. The summed E-state index contributed by atoms with van der Waals surface area (Å²) in [6, 6.07) is 8.91. The standard InChI is InChI=1S/C16H23BrO/c1-13-5-2-6-14(11-13)15(12-17)7-3-8-16-9-4-10-18-16/h2,5-6,11,15-16H,3-4,7-10,12H2,1H3. The summed E-state index contributed by atoms with van der Waals surface area (Å²) in [7, 11) is 0. The second-order valence-corrected chi connectivity index (χ2v) is 5.98. The molecule has 0 radical (unpaired) electrons. The van der Waals surface area contributed by atoms with Crippen molar-refractivity contribution in [3.05, 3.63) is 35.4 Å². The lowest BCUT2D eigenvalue weighted by molar-refractivity contribution is 0.102. The molecule has 0 saturated carbocycles. The molecule has 0 N–H and O–H groups in total. The van der Waals surface area contributed by atoms with Crippen LogP contribution in [0.5, 0.6) is 0 Å². The highest BCUT2D eigenvalue weighted by atomic mass is 79.9. The largest absolute Gasteiger partial charge is 0.378 e. The Morgan fingerprint density at radius 1 is 1.44 bits per heavy atom. The Morgan fingerprint density at radius 3 is 3.00 bits per heavy atom. The molecule has 1 aromatic rings. The fourth-order valence-electron chi connectivity index (χ4n) is 2.72. The minimum Gasteiger partial charge on any atom is -0.378 e. The van der Waals surface area contributed by atoms with E-state index in [4.69, 9.17) is 4.74 Å². The molecule has 1 nitrogen and oxygen atoms in total. The van der Waals surface area contributed by atoms with Crippen LogP contribution in [0.3, 0.4) is 0 Å². The molecule has 2 unspecified atom stereocenters. The Hall–Kier alpha value is -0.340. The van der Waals surface area contributed by atoms with Gasteiger partial charge in [0.15, 0.2) is 0 Å². The third-order valence-electron chi connectivity index (χ3n) is 3.80. The van der Waals surface area contributed by atoms with Crippen LogP contribution >= 0.6 is 15.9 Å². The molecule has 0 bridgehead atoms. The van der Waals surface area contributed by atoms with E-state index in [1.165, 1.54) is 43.2 Å². The lowest BCUT2D eigenvalue weighted by atomic mass is 9.93. The molecule has 0 aromatic heterocycles. The molecule has 1 saturated heterocycles. The van der Waals surface area contributed by atoms with Crippen LogP contribution in [0, 0.1) is 6.92 Å². The summed E-state index contributed by atoms with van der Waals surface area (Å²) in [5.74, 6) is 0.645. The molecule has 1 aromatic carbocycles. The predicted molar refractivity (Wildman–Crippen MR) is 80.5 cm³/mol. The molecule has 1 aliphatic heterocycles. The average Bonchev–Trinajstić information content (AvgIpc) is 2.88. The van der Waals surface area contributed by atoms with Crippen LogP contribution in [0.4, 0.5) is 0 Å². The number of ether oxygens (including phenoxy) is 1. The number of hydrogen-bond acceptors (Lipinski definition) is 1. The topological polar surface area (TPSA) is 9.23 Å². The van der Waals surface area contributed by atoms with Crippen LogP contribution in [-0.2, 0) is 4.74 Å². The van der Waals surface area contributed by atoms with Gasteiger partial charge in [-0.1, -0.05) is 52.2 Å². The first-order chi connectivity index (χ1) is 8.79. The van der Waals surface area contributed by atoms with Gasteiger partial charge in [-0.2, -0.15) is 0 Å². The summed E-state index contributed by atoms with van der Waals surface area (Å²) in [6.07, 6.45) is 6.82. The molecule has 100 valence electrons. The van der Waals surface area contributed by atoms with Gasteiger partial charge in [-0.05, 0) is 44.1 Å². The summed E-state index contributed by atoms with van der Waals surface area (Å²) in [5.41, 5.74) is 2.83. The zero-order valence-corrected chi connectivity index (χ0v) is 12.8. The molecule has 1 aliphatic rings. The van der Waals surface area contributed by atoms with Crippen molar-refractivity contribution in [1.82, 2.24) is 0 Å². The zero-order valence-electron chi connectivity index (χ0n) is 11.2. The molecular weight excluding hydrogens is 288 g/mol. The van der Waals surface area contributed by atoms with Crippen LogP contribution in [0.1, 0.15) is 49.1 Å². The van der Waals surface area contributed by atoms with E-state index in [-0.39, 0.29) is 0 Å². The second kappa shape index (κ2) is 7.30. The molecule has 2 heteroatoms. The summed E-state index contributed by atoms with van der Waals surface area (Å²) >= 11 is 3.66. The maximum Gasteiger partial charge on any atom is 0.0576 e. The predicted octanol–water partition coefficient (Wildman–Crippen LogP) is 4.82. The SMILES string of the molecule is Cc1cccc(C(CBr)CCCC2CCCO2)c1. The molecule has 1 heterocycles. The fraction of sp³-hybridized carbons (Fsp3) is 0.625. The van der Waals surface area contributed by atoms with E-state index >= 15 is 0 Å². The van der Waals surface area contributed by atoms with Crippen molar-refractivity contribution in [3.63, 3.8) is 0 Å². The number of benzene rings is 1. The Morgan fingerprint density at radius 2 is 2.33 bits per heavy atom. The summed E-state index contributed by atoms with van der Waals surface area (Å²) in [4.78, 5) is 0. The molecule has 1 fully saturated rings. The van der Waals surface area contributed by atoms with E-state index < -0.39 is 0 Å². The number of halogens is 1. The average molecular weight is 311 g/mol. The van der Waals surface area contributed by atoms with Gasteiger partial charge in [-0.3, -0.25) is 0 Å². The van der Waals surface area contributed by atoms with Crippen molar-refractivity contribution < 1.29 is 4.74 Å². The van der Waals surface area contributed by atoms with Gasteiger partial charge in [-0.25, -0.2) is 0 Å². The summed E-state index contributed by atoms with van der Waals surface area (Å²) in [5, 5.41) is 1.06. The van der Waals surface area contributed by atoms with E-state index in [2.05, 4.69) is 47.1 Å². The molecule has 0 amide bonds. The van der Waals surface area contributed by atoms with E-state index in [9.17, 15) is 0 Å². The Bertz CT molecular complexity index is 358. The third-order valence-corrected chi connectivity index (χ3v) is 4.58. The van der Waals surface area contributed by atoms with Crippen LogP contribution in [0.2, 0.25) is 0 Å². The van der Waals surface area contributed by atoms with Gasteiger partial charge < -0.3 is 4.74 Å². The van der Waals surface area contributed by atoms with Crippen LogP contribution in [-0.4, -0.2) is 18.0 Å². The Kier molecular flexibility index (Phi) is 5.71. The van der Waals surface area contributed by atoms with Crippen LogP contribution in [0.25, 0.3) is 0 Å². The summed E-state index contributed by atoms with van der Waals surface area (Å²) in [6.45, 7) is 3.14. The van der Waals surface area contributed by atoms with Gasteiger partial charge in [-0.15, -0.1) is 0 Å². The van der Waals surface area contributed by atoms with Crippen molar-refractivity contribution in [2.75, 3.05) is 11.9 Å². The normalized spacial score (nSPS) is 21.1. The number of rotatable bonds is 6. The van der Waals surface area contributed by atoms with Crippen molar-refractivity contribution in [3.8, 4) is 0 Å². The van der Waals surface area contributed by atoms with Gasteiger partial charge in [0.25, 0.3) is 0 Å². The van der Waals surface area contributed by atoms with E-state index in [1.54, 1.807) is 0 Å². The smallest absolute Gasteiger partial charge is 0.0576 e. The number of hydrogen-bond donors (Lipinski definition) is 0. The first kappa shape index (κ1) is 14.1. The molecule has 2 rings (SSSR count). The minimum atomic E-state index is 0.540. The van der Waals surface area contributed by atoms with Crippen molar-refractivity contribution in [1.29, 1.82) is 0 Å². The fourth-order valence-corrected chi connectivity index (χ4v) is 3.42. The zero-order chi connectivity index (χ0) is 12.8. The van der Waals surface area contributed by atoms with Crippen LogP contribution in [0.15, 0.2) is 24.3 Å². The van der Waals surface area contributed by atoms with Gasteiger partial charge in [0, 0.05) is 11.9 Å². The third kappa shape index (κ3) is 4.10. The quantitative estimate of drug-likeness (QED) is 0.684. The highest BCUT2D eigenvalue weighted by Gasteiger charge is 2.16. The first-order valence-corrected chi connectivity index (χ1v) is 8.16. The first-order valence-electron chi connectivity index (χ1n) is 7.03. The van der Waals surface area contributed by atoms with Crippen molar-refractivity contribution in [2.45, 2.75) is 51.0 Å². The number of alkyl halides is 1. The van der Waals surface area contributed by atoms with Crippen molar-refractivity contribution in [2.24, 2.45) is 0 Å². The van der Waals surface area contributed by atoms with E-state index in [1.807, 2.05) is 0 Å². The van der Waals surface area contributed by atoms with E-state index in [0.29, 0.717) is 12.0 Å². The molecule has 18 heavy (non-hydrogen) atoms. The van der Waals surface area contributed by atoms with Gasteiger partial charge in [0.2, 0.25) is 0 Å². The van der Waals surface area contributed by atoms with Crippen LogP contribution < -0.4 is 0 Å². The molecule has 2 atom stereocenters. The maximum atomic E-state index is 5.68. The highest BCUT2D eigenvalue weighted by molar-refractivity contribution is 9.09. The maximum absolute atomic E-state index is 5.68. The Labute approximate surface area is 119 Å². The highest BCUT2D eigenvalue weighted by Crippen LogP contribution is 2.27. The van der Waals surface area contributed by atoms with Gasteiger partial charge in [0.05, 0.1) is 6.10 Å². The number of aryl methyl sites for hydroxylation is 1. The monoisotopic (exact) mass is 310 g/mol. The summed E-state index contributed by atoms with van der Waals surface area (Å²) < 4.78 is 5.68. The lowest BCUT2D eigenvalue weighted by Crippen LogP contribution is -2.07. The van der Waals surface area contributed by atoms with Gasteiger partial charge in [0.1, 0.15) is 0 Å². The lowest BCUT2D eigenvalue weighted by Gasteiger charge is -2.16.